The molecule has 1 aliphatic rings. The Bertz CT molecular complexity index is 1230. The number of hydrogen-bond acceptors (Lipinski definition) is 6. The van der Waals surface area contributed by atoms with E-state index in [9.17, 15) is 13.2 Å². The highest BCUT2D eigenvalue weighted by Crippen LogP contribution is 2.32. The zero-order chi connectivity index (χ0) is 23.6. The Morgan fingerprint density at radius 2 is 1.88 bits per heavy atom. The van der Waals surface area contributed by atoms with Crippen LogP contribution in [0.5, 0.6) is 0 Å². The number of sulfonamides is 1. The minimum atomic E-state index is -3.58. The third kappa shape index (κ3) is 4.82. The maximum absolute atomic E-state index is 13.6. The number of aryl methyl sites for hydroxylation is 1. The molecule has 2 aromatic carbocycles. The highest BCUT2D eigenvalue weighted by Gasteiger charge is 2.28. The topological polar surface area (TPSA) is 79.8 Å². The molecule has 0 aliphatic carbocycles. The monoisotopic (exact) mass is 487 g/mol. The molecule has 7 nitrogen and oxygen atoms in total. The molecule has 0 bridgehead atoms. The van der Waals surface area contributed by atoms with E-state index in [2.05, 4.69) is 0 Å². The van der Waals surface area contributed by atoms with Gasteiger partial charge in [-0.05, 0) is 55.7 Å². The summed E-state index contributed by atoms with van der Waals surface area (Å²) in [4.78, 5) is 20.2. The SMILES string of the molecule is CCN(CC)S(=O)(=O)c1ccc(C(=O)N(CC2CCCO2)c2nc3c(C)cccc3s2)cc1. The van der Waals surface area contributed by atoms with Crippen molar-refractivity contribution in [2.24, 2.45) is 0 Å². The Morgan fingerprint density at radius 3 is 2.48 bits per heavy atom. The van der Waals surface area contributed by atoms with Gasteiger partial charge in [-0.25, -0.2) is 13.4 Å². The number of carbonyl (C=O) groups excluding carboxylic acids is 1. The molecule has 1 aliphatic heterocycles. The van der Waals surface area contributed by atoms with Crippen LogP contribution in [-0.4, -0.2) is 56.0 Å². The molecular weight excluding hydrogens is 458 g/mol. The Kier molecular flexibility index (Phi) is 7.13. The summed E-state index contributed by atoms with van der Waals surface area (Å²) in [6, 6.07) is 12.2. The van der Waals surface area contributed by atoms with Crippen LogP contribution >= 0.6 is 11.3 Å². The molecule has 3 aromatic rings. The van der Waals surface area contributed by atoms with E-state index in [0.29, 0.717) is 36.9 Å². The first-order valence-corrected chi connectivity index (χ1v) is 13.5. The van der Waals surface area contributed by atoms with Crippen LogP contribution in [0.25, 0.3) is 10.2 Å². The molecule has 1 aromatic heterocycles. The van der Waals surface area contributed by atoms with Crippen LogP contribution in [0, 0.1) is 6.92 Å². The number of benzene rings is 2. The summed E-state index contributed by atoms with van der Waals surface area (Å²) >= 11 is 1.48. The number of hydrogen-bond donors (Lipinski definition) is 0. The summed E-state index contributed by atoms with van der Waals surface area (Å²) in [6.07, 6.45) is 1.84. The minimum absolute atomic E-state index is 0.0376. The van der Waals surface area contributed by atoms with Gasteiger partial charge in [-0.1, -0.05) is 37.3 Å². The van der Waals surface area contributed by atoms with Crippen LogP contribution in [0.3, 0.4) is 0 Å². The average Bonchev–Trinajstić information content (AvgIpc) is 3.48. The molecule has 0 saturated carbocycles. The molecule has 1 atom stereocenters. The van der Waals surface area contributed by atoms with Gasteiger partial charge in [-0.3, -0.25) is 9.69 Å². The number of aromatic nitrogens is 1. The molecule has 4 rings (SSSR count). The third-order valence-electron chi connectivity index (χ3n) is 5.94. The van der Waals surface area contributed by atoms with Gasteiger partial charge < -0.3 is 4.74 Å². The second kappa shape index (κ2) is 9.89. The normalized spacial score (nSPS) is 16.5. The Morgan fingerprint density at radius 1 is 1.15 bits per heavy atom. The number of nitrogens with zero attached hydrogens (tertiary/aromatic N) is 3. The van der Waals surface area contributed by atoms with E-state index in [-0.39, 0.29) is 16.9 Å². The highest BCUT2D eigenvalue weighted by molar-refractivity contribution is 7.89. The van der Waals surface area contributed by atoms with Crippen molar-refractivity contribution >= 4 is 42.6 Å². The molecule has 176 valence electrons. The summed E-state index contributed by atoms with van der Waals surface area (Å²) < 4.78 is 33.8. The number of fused-ring (bicyclic) bond motifs is 1. The van der Waals surface area contributed by atoms with E-state index >= 15 is 0 Å². The maximum atomic E-state index is 13.6. The van der Waals surface area contributed by atoms with E-state index < -0.39 is 10.0 Å². The van der Waals surface area contributed by atoms with Gasteiger partial charge in [-0.15, -0.1) is 0 Å². The summed E-state index contributed by atoms with van der Waals surface area (Å²) in [5, 5.41) is 0.625. The smallest absolute Gasteiger partial charge is 0.260 e. The van der Waals surface area contributed by atoms with E-state index in [4.69, 9.17) is 9.72 Å². The summed E-state index contributed by atoms with van der Waals surface area (Å²) in [5.74, 6) is -0.214. The molecule has 1 amide bonds. The van der Waals surface area contributed by atoms with Crippen molar-refractivity contribution in [3.63, 3.8) is 0 Å². The molecule has 1 unspecified atom stereocenters. The van der Waals surface area contributed by atoms with Gasteiger partial charge in [0.15, 0.2) is 5.13 Å². The van der Waals surface area contributed by atoms with E-state index in [1.165, 1.54) is 27.8 Å². The number of para-hydroxylation sites is 1. The van der Waals surface area contributed by atoms with Crippen molar-refractivity contribution in [1.29, 1.82) is 0 Å². The molecule has 33 heavy (non-hydrogen) atoms. The van der Waals surface area contributed by atoms with Crippen LogP contribution < -0.4 is 4.90 Å². The van der Waals surface area contributed by atoms with Crippen LogP contribution in [0.15, 0.2) is 47.4 Å². The average molecular weight is 488 g/mol. The van der Waals surface area contributed by atoms with Crippen LogP contribution in [-0.2, 0) is 14.8 Å². The lowest BCUT2D eigenvalue weighted by Crippen LogP contribution is -2.37. The molecule has 0 N–H and O–H groups in total. The van der Waals surface area contributed by atoms with Gasteiger partial charge in [0, 0.05) is 25.3 Å². The predicted octanol–water partition coefficient (Wildman–Crippen LogP) is 4.46. The molecular formula is C24H29N3O4S2. The first kappa shape index (κ1) is 23.8. The lowest BCUT2D eigenvalue weighted by molar-refractivity contribution is 0.0917. The van der Waals surface area contributed by atoms with Crippen molar-refractivity contribution in [3.8, 4) is 0 Å². The van der Waals surface area contributed by atoms with Crippen LogP contribution in [0.4, 0.5) is 5.13 Å². The summed E-state index contributed by atoms with van der Waals surface area (Å²) in [7, 11) is -3.58. The zero-order valence-electron chi connectivity index (χ0n) is 19.2. The quantitative estimate of drug-likeness (QED) is 0.469. The lowest BCUT2D eigenvalue weighted by atomic mass is 10.2. The number of anilines is 1. The molecule has 1 saturated heterocycles. The number of rotatable bonds is 8. The minimum Gasteiger partial charge on any atom is -0.376 e. The third-order valence-corrected chi connectivity index (χ3v) is 9.05. The van der Waals surface area contributed by atoms with Crippen molar-refractivity contribution in [1.82, 2.24) is 9.29 Å². The number of thiazole rings is 1. The second-order valence-electron chi connectivity index (χ2n) is 8.08. The van der Waals surface area contributed by atoms with Gasteiger partial charge >= 0.3 is 0 Å². The molecule has 9 heteroatoms. The molecule has 2 heterocycles. The van der Waals surface area contributed by atoms with Gasteiger partial charge in [-0.2, -0.15) is 4.31 Å². The Balaban J connectivity index is 1.66. The zero-order valence-corrected chi connectivity index (χ0v) is 20.8. The van der Waals surface area contributed by atoms with Crippen molar-refractivity contribution in [2.75, 3.05) is 31.1 Å². The maximum Gasteiger partial charge on any atom is 0.260 e. The largest absolute Gasteiger partial charge is 0.376 e. The first-order valence-electron chi connectivity index (χ1n) is 11.2. The Labute approximate surface area is 199 Å². The second-order valence-corrected chi connectivity index (χ2v) is 11.0. The fourth-order valence-electron chi connectivity index (χ4n) is 4.07. The van der Waals surface area contributed by atoms with Crippen LogP contribution in [0.2, 0.25) is 0 Å². The van der Waals surface area contributed by atoms with E-state index in [1.807, 2.05) is 39.0 Å². The Hall–Kier alpha value is -2.33. The number of carbonyl (C=O) groups is 1. The van der Waals surface area contributed by atoms with Gasteiger partial charge in [0.2, 0.25) is 10.0 Å². The van der Waals surface area contributed by atoms with E-state index in [0.717, 1.165) is 28.6 Å². The van der Waals surface area contributed by atoms with Crippen molar-refractivity contribution < 1.29 is 17.9 Å². The molecule has 0 spiro atoms. The molecule has 1 fully saturated rings. The van der Waals surface area contributed by atoms with E-state index in [1.54, 1.807) is 17.0 Å². The fraction of sp³-hybridized carbons (Fsp3) is 0.417. The molecule has 0 radical (unpaired) electrons. The number of amides is 1. The predicted molar refractivity (Wildman–Crippen MR) is 132 cm³/mol. The van der Waals surface area contributed by atoms with Crippen molar-refractivity contribution in [2.45, 2.75) is 44.6 Å². The van der Waals surface area contributed by atoms with Gasteiger partial charge in [0.25, 0.3) is 5.91 Å². The van der Waals surface area contributed by atoms with Crippen molar-refractivity contribution in [3.05, 3.63) is 53.6 Å². The van der Waals surface area contributed by atoms with Crippen LogP contribution in [0.1, 0.15) is 42.6 Å². The fourth-order valence-corrected chi connectivity index (χ4v) is 6.58. The lowest BCUT2D eigenvalue weighted by Gasteiger charge is -2.23. The number of ether oxygens (including phenoxy) is 1. The first-order chi connectivity index (χ1) is 15.8. The highest BCUT2D eigenvalue weighted by atomic mass is 32.2. The summed E-state index contributed by atoms with van der Waals surface area (Å²) in [5.41, 5.74) is 2.37. The van der Waals surface area contributed by atoms with Gasteiger partial charge in [0.1, 0.15) is 0 Å². The van der Waals surface area contributed by atoms with Gasteiger partial charge in [0.05, 0.1) is 27.8 Å². The summed E-state index contributed by atoms with van der Waals surface area (Å²) in [6.45, 7) is 7.52. The standard InChI is InChI=1S/C24H29N3O4S2/c1-4-26(5-2)33(29,30)20-13-11-18(12-14-20)23(28)27(16-19-9-7-15-31-19)24-25-22-17(3)8-6-10-21(22)32-24/h6,8,10-14,19H,4-5,7,9,15-16H2,1-3H3.